The van der Waals surface area contributed by atoms with E-state index < -0.39 is 13.5 Å². The third-order valence-corrected chi connectivity index (χ3v) is 8.55. The number of primary amides is 1. The van der Waals surface area contributed by atoms with Crippen molar-refractivity contribution in [3.63, 3.8) is 0 Å². The number of nitrogens with two attached hydrogens (primary N) is 1. The Balaban J connectivity index is 1.59. The van der Waals surface area contributed by atoms with Gasteiger partial charge in [-0.15, -0.1) is 0 Å². The van der Waals surface area contributed by atoms with Crippen molar-refractivity contribution in [2.45, 2.75) is 32.9 Å². The van der Waals surface area contributed by atoms with Crippen LogP contribution in [0.1, 0.15) is 46.6 Å². The summed E-state index contributed by atoms with van der Waals surface area (Å²) in [7, 11) is -1.19. The number of hydrogen-bond acceptors (Lipinski definition) is 8. The Labute approximate surface area is 191 Å². The van der Waals surface area contributed by atoms with Crippen LogP contribution in [0.5, 0.6) is 10.8 Å². The van der Waals surface area contributed by atoms with E-state index in [-0.39, 0.29) is 6.16 Å². The van der Waals surface area contributed by atoms with Crippen LogP contribution in [0.25, 0.3) is 5.70 Å². The van der Waals surface area contributed by atoms with E-state index in [4.69, 9.17) is 19.5 Å². The Hall–Kier alpha value is -2.16. The fraction of sp³-hybridized carbons (Fsp3) is 0.409. The molecule has 2 heterocycles. The summed E-state index contributed by atoms with van der Waals surface area (Å²) in [5, 5.41) is 2.67. The summed E-state index contributed by atoms with van der Waals surface area (Å²) in [6.07, 6.45) is 1.86. The predicted molar refractivity (Wildman–Crippen MR) is 125 cm³/mol. The van der Waals surface area contributed by atoms with E-state index in [1.165, 1.54) is 16.9 Å². The number of hydrogen-bond donors (Lipinski definition) is 2. The highest BCUT2D eigenvalue weighted by Gasteiger charge is 2.33. The molecule has 172 valence electrons. The lowest BCUT2D eigenvalue weighted by Gasteiger charge is -2.18. The topological polar surface area (TPSA) is 103 Å². The van der Waals surface area contributed by atoms with Crippen LogP contribution >= 0.6 is 18.9 Å². The Kier molecular flexibility index (Phi) is 6.74. The molecule has 1 amide bonds. The van der Waals surface area contributed by atoms with Crippen molar-refractivity contribution in [2.24, 2.45) is 5.73 Å². The number of rotatable bonds is 9. The number of amides is 1. The fourth-order valence-corrected chi connectivity index (χ4v) is 6.89. The second-order valence-electron chi connectivity index (χ2n) is 7.73. The van der Waals surface area contributed by atoms with Crippen LogP contribution in [0, 0.1) is 0 Å². The molecule has 2 aromatic rings. The molecule has 10 heteroatoms. The van der Waals surface area contributed by atoms with Gasteiger partial charge in [-0.05, 0) is 55.5 Å². The van der Waals surface area contributed by atoms with Gasteiger partial charge in [0, 0.05) is 13.6 Å². The summed E-state index contributed by atoms with van der Waals surface area (Å²) in [5.74, 6) is 0.185. The summed E-state index contributed by atoms with van der Waals surface area (Å²) >= 11 is 1.28. The Bertz CT molecular complexity index is 1090. The zero-order chi connectivity index (χ0) is 22.9. The van der Waals surface area contributed by atoms with Gasteiger partial charge in [0.25, 0.3) is 5.91 Å². The maximum Gasteiger partial charge on any atom is 0.335 e. The molecule has 32 heavy (non-hydrogen) atoms. The molecule has 1 aromatic carbocycles. The van der Waals surface area contributed by atoms with Gasteiger partial charge in [0.05, 0.1) is 35.5 Å². The molecule has 1 aliphatic heterocycles. The smallest absolute Gasteiger partial charge is 0.335 e. The molecule has 4 rings (SSSR count). The van der Waals surface area contributed by atoms with Crippen LogP contribution in [0.2, 0.25) is 0 Å². The van der Waals surface area contributed by atoms with Gasteiger partial charge in [0.1, 0.15) is 5.75 Å². The first kappa shape index (κ1) is 23.0. The quantitative estimate of drug-likeness (QED) is 0.512. The number of fused-ring (bicyclic) bond motifs is 2. The van der Waals surface area contributed by atoms with Crippen LogP contribution in [0.3, 0.4) is 0 Å². The van der Waals surface area contributed by atoms with Gasteiger partial charge in [-0.1, -0.05) is 23.5 Å². The normalized spacial score (nSPS) is 16.0. The maximum absolute atomic E-state index is 12.8. The fourth-order valence-electron chi connectivity index (χ4n) is 4.11. The SMILES string of the molecule is CCOP(=O)(Cc1ccc(Oc2sc(C(N)=O)c3c2C2=C(CC3)CN(C)N2)cc1)OCC. The highest BCUT2D eigenvalue weighted by Crippen LogP contribution is 2.51. The molecule has 8 nitrogen and oxygen atoms in total. The van der Waals surface area contributed by atoms with Gasteiger partial charge >= 0.3 is 7.60 Å². The number of hydrazine groups is 1. The third kappa shape index (κ3) is 4.63. The van der Waals surface area contributed by atoms with E-state index in [1.54, 1.807) is 13.8 Å². The summed E-state index contributed by atoms with van der Waals surface area (Å²) < 4.78 is 29.8. The van der Waals surface area contributed by atoms with Gasteiger partial charge in [0.15, 0.2) is 5.06 Å². The second kappa shape index (κ2) is 9.37. The summed E-state index contributed by atoms with van der Waals surface area (Å²) in [6, 6.07) is 7.34. The lowest BCUT2D eigenvalue weighted by molar-refractivity contribution is 0.100. The van der Waals surface area contributed by atoms with Gasteiger partial charge < -0.3 is 24.9 Å². The zero-order valence-electron chi connectivity index (χ0n) is 18.5. The van der Waals surface area contributed by atoms with Gasteiger partial charge in [-0.25, -0.2) is 5.01 Å². The van der Waals surface area contributed by atoms with Gasteiger partial charge in [0.2, 0.25) is 0 Å². The summed E-state index contributed by atoms with van der Waals surface area (Å²) in [4.78, 5) is 12.6. The summed E-state index contributed by atoms with van der Waals surface area (Å²) in [5.41, 5.74) is 14.1. The van der Waals surface area contributed by atoms with E-state index in [0.717, 1.165) is 41.8 Å². The van der Waals surface area contributed by atoms with Crippen LogP contribution in [-0.2, 0) is 26.2 Å². The molecule has 0 saturated carbocycles. The summed E-state index contributed by atoms with van der Waals surface area (Å²) in [6.45, 7) is 5.08. The largest absolute Gasteiger partial charge is 0.446 e. The first-order valence-corrected chi connectivity index (χ1v) is 13.2. The van der Waals surface area contributed by atoms with Crippen molar-refractivity contribution in [3.8, 4) is 10.8 Å². The van der Waals surface area contributed by atoms with Gasteiger partial charge in [-0.2, -0.15) is 0 Å². The minimum absolute atomic E-state index is 0.196. The lowest BCUT2D eigenvalue weighted by atomic mass is 9.91. The number of ether oxygens (including phenoxy) is 1. The maximum atomic E-state index is 12.8. The van der Waals surface area contributed by atoms with E-state index in [2.05, 4.69) is 5.43 Å². The molecule has 0 spiro atoms. The second-order valence-corrected chi connectivity index (χ2v) is 10.8. The van der Waals surface area contributed by atoms with Crippen molar-refractivity contribution < 1.29 is 23.1 Å². The van der Waals surface area contributed by atoms with E-state index in [1.807, 2.05) is 36.3 Å². The molecule has 0 saturated heterocycles. The average molecular weight is 478 g/mol. The lowest BCUT2D eigenvalue weighted by Crippen LogP contribution is -2.26. The third-order valence-electron chi connectivity index (χ3n) is 5.37. The van der Waals surface area contributed by atoms with Crippen molar-refractivity contribution in [1.82, 2.24) is 10.4 Å². The Morgan fingerprint density at radius 1 is 1.19 bits per heavy atom. The monoisotopic (exact) mass is 477 g/mol. The molecule has 0 atom stereocenters. The molecule has 3 N–H and O–H groups in total. The molecule has 1 aliphatic carbocycles. The van der Waals surface area contributed by atoms with Gasteiger partial charge in [-0.3, -0.25) is 9.36 Å². The number of carbonyl (C=O) groups is 1. The average Bonchev–Trinajstić information content (AvgIpc) is 3.29. The number of likely N-dealkylation sites (N-methyl/N-ethyl adjacent to an activating group) is 1. The minimum atomic E-state index is -3.17. The Morgan fingerprint density at radius 3 is 2.50 bits per heavy atom. The van der Waals surface area contributed by atoms with Crippen molar-refractivity contribution in [1.29, 1.82) is 0 Å². The number of nitrogens with one attached hydrogen (secondary N) is 1. The molecular formula is C22H28N3O5PS. The molecule has 0 unspecified atom stereocenters. The van der Waals surface area contributed by atoms with Crippen molar-refractivity contribution in [3.05, 3.63) is 51.4 Å². The Morgan fingerprint density at radius 2 is 1.88 bits per heavy atom. The van der Waals surface area contributed by atoms with Crippen LogP contribution in [0.4, 0.5) is 0 Å². The number of benzene rings is 1. The molecule has 0 bridgehead atoms. The molecular weight excluding hydrogens is 449 g/mol. The number of nitrogens with zero attached hydrogens (tertiary/aromatic N) is 1. The van der Waals surface area contributed by atoms with E-state index in [0.29, 0.717) is 28.9 Å². The minimum Gasteiger partial charge on any atom is -0.446 e. The van der Waals surface area contributed by atoms with Crippen molar-refractivity contribution in [2.75, 3.05) is 26.8 Å². The standard InChI is InChI=1S/C22H28N3O5PS/c1-4-28-31(27,29-5-2)13-14-6-9-16(10-7-14)30-22-18-17(20(32-22)21(23)26)11-8-15-12-25(3)24-19(15)18/h6-7,9-10,24H,4-5,8,11-13H2,1-3H3,(H2,23,26). The van der Waals surface area contributed by atoms with Crippen LogP contribution in [0.15, 0.2) is 29.8 Å². The van der Waals surface area contributed by atoms with Crippen LogP contribution < -0.4 is 15.9 Å². The number of carbonyl (C=O) groups excluding carboxylic acids is 1. The molecule has 2 aliphatic rings. The van der Waals surface area contributed by atoms with Crippen LogP contribution in [-0.4, -0.2) is 37.7 Å². The predicted octanol–water partition coefficient (Wildman–Crippen LogP) is 4.51. The zero-order valence-corrected chi connectivity index (χ0v) is 20.2. The number of thiophene rings is 1. The first-order valence-electron chi connectivity index (χ1n) is 10.6. The van der Waals surface area contributed by atoms with E-state index >= 15 is 0 Å². The molecule has 0 radical (unpaired) electrons. The van der Waals surface area contributed by atoms with E-state index in [9.17, 15) is 9.36 Å². The van der Waals surface area contributed by atoms with Crippen molar-refractivity contribution >= 4 is 30.5 Å². The molecule has 0 fully saturated rings. The first-order chi connectivity index (χ1) is 15.3. The highest BCUT2D eigenvalue weighted by molar-refractivity contribution is 7.53. The molecule has 1 aromatic heterocycles. The highest BCUT2D eigenvalue weighted by atomic mass is 32.1.